The van der Waals surface area contributed by atoms with Gasteiger partial charge in [-0.15, -0.1) is 0 Å². The number of ether oxygens (including phenoxy) is 1. The number of aryl methyl sites for hydroxylation is 1. The van der Waals surface area contributed by atoms with Gasteiger partial charge < -0.3 is 15.2 Å². The number of carbonyl (C=O) groups is 1. The molecule has 0 spiro atoms. The first-order chi connectivity index (χ1) is 12.3. The van der Waals surface area contributed by atoms with Gasteiger partial charge in [-0.25, -0.2) is 0 Å². The number of hydrogen-bond donors (Lipinski definition) is 2. The van der Waals surface area contributed by atoms with Crippen molar-refractivity contribution in [1.29, 1.82) is 0 Å². The number of carbonyl (C=O) groups excluding carboxylic acids is 1. The summed E-state index contributed by atoms with van der Waals surface area (Å²) in [5, 5.41) is 12.3. The predicted octanol–water partition coefficient (Wildman–Crippen LogP) is 3.71. The third-order valence-electron chi connectivity index (χ3n) is 3.83. The zero-order valence-corrected chi connectivity index (χ0v) is 14.3. The van der Waals surface area contributed by atoms with E-state index in [4.69, 9.17) is 4.74 Å². The van der Waals surface area contributed by atoms with E-state index in [0.717, 1.165) is 12.1 Å². The summed E-state index contributed by atoms with van der Waals surface area (Å²) in [6, 6.07) is 9.85. The highest BCUT2D eigenvalue weighted by atomic mass is 19.4. The van der Waals surface area contributed by atoms with E-state index in [9.17, 15) is 23.1 Å². The van der Waals surface area contributed by atoms with Crippen LogP contribution >= 0.6 is 0 Å². The number of rotatable bonds is 7. The second-order valence-electron chi connectivity index (χ2n) is 5.83. The van der Waals surface area contributed by atoms with Gasteiger partial charge in [0.1, 0.15) is 0 Å². The molecule has 0 heterocycles. The van der Waals surface area contributed by atoms with Crippen molar-refractivity contribution in [3.8, 4) is 11.5 Å². The largest absolute Gasteiger partial charge is 0.504 e. The second-order valence-corrected chi connectivity index (χ2v) is 5.83. The van der Waals surface area contributed by atoms with Crippen LogP contribution in [0.4, 0.5) is 13.2 Å². The van der Waals surface area contributed by atoms with E-state index in [1.54, 1.807) is 18.2 Å². The molecule has 0 radical (unpaired) electrons. The first-order valence-corrected chi connectivity index (χ1v) is 8.08. The minimum atomic E-state index is -4.35. The summed E-state index contributed by atoms with van der Waals surface area (Å²) >= 11 is 0. The van der Waals surface area contributed by atoms with Crippen molar-refractivity contribution in [2.75, 3.05) is 13.7 Å². The number of aromatic hydroxyl groups is 1. The molecule has 0 unspecified atom stereocenters. The molecule has 0 atom stereocenters. The van der Waals surface area contributed by atoms with Crippen LogP contribution in [0.3, 0.4) is 0 Å². The first kappa shape index (κ1) is 19.6. The van der Waals surface area contributed by atoms with Gasteiger partial charge in [0.2, 0.25) is 5.91 Å². The van der Waals surface area contributed by atoms with E-state index < -0.39 is 11.7 Å². The van der Waals surface area contributed by atoms with E-state index in [1.165, 1.54) is 19.2 Å². The van der Waals surface area contributed by atoms with Crippen LogP contribution < -0.4 is 10.1 Å². The molecule has 0 aliphatic carbocycles. The Morgan fingerprint density at radius 3 is 2.62 bits per heavy atom. The molecule has 2 N–H and O–H groups in total. The zero-order chi connectivity index (χ0) is 19.2. The number of phenolic OH excluding ortho intramolecular Hbond substituents is 1. The fraction of sp³-hybridized carbons (Fsp3) is 0.316. The molecule has 2 aromatic carbocycles. The molecule has 0 saturated heterocycles. The maximum atomic E-state index is 12.7. The minimum Gasteiger partial charge on any atom is -0.504 e. The van der Waals surface area contributed by atoms with Crippen LogP contribution in [0.15, 0.2) is 42.5 Å². The summed E-state index contributed by atoms with van der Waals surface area (Å²) in [6.07, 6.45) is -3.25. The number of benzene rings is 2. The Labute approximate surface area is 149 Å². The molecule has 7 heteroatoms. The molecule has 0 aliphatic rings. The molecule has 0 saturated carbocycles. The lowest BCUT2D eigenvalue weighted by atomic mass is 10.1. The van der Waals surface area contributed by atoms with Gasteiger partial charge in [0, 0.05) is 6.54 Å². The van der Waals surface area contributed by atoms with Crippen LogP contribution in [0.25, 0.3) is 0 Å². The average molecular weight is 367 g/mol. The normalized spacial score (nSPS) is 11.2. The molecule has 4 nitrogen and oxygen atoms in total. The molecule has 2 rings (SSSR count). The highest BCUT2D eigenvalue weighted by Crippen LogP contribution is 2.29. The van der Waals surface area contributed by atoms with E-state index in [0.29, 0.717) is 36.3 Å². The van der Waals surface area contributed by atoms with Crippen LogP contribution in [-0.4, -0.2) is 24.7 Å². The number of hydrogen-bond acceptors (Lipinski definition) is 3. The van der Waals surface area contributed by atoms with Crippen LogP contribution in [0.2, 0.25) is 0 Å². The average Bonchev–Trinajstić information content (AvgIpc) is 2.60. The molecule has 0 aromatic heterocycles. The highest BCUT2D eigenvalue weighted by Gasteiger charge is 2.30. The van der Waals surface area contributed by atoms with Gasteiger partial charge in [0.05, 0.1) is 19.1 Å². The van der Waals surface area contributed by atoms with Crippen molar-refractivity contribution in [1.82, 2.24) is 5.32 Å². The Balaban J connectivity index is 1.79. The summed E-state index contributed by atoms with van der Waals surface area (Å²) in [6.45, 7) is 0.365. The van der Waals surface area contributed by atoms with Gasteiger partial charge in [-0.05, 0) is 42.2 Å². The van der Waals surface area contributed by atoms with Crippen LogP contribution in [0.5, 0.6) is 11.5 Å². The molecule has 26 heavy (non-hydrogen) atoms. The van der Waals surface area contributed by atoms with Gasteiger partial charge in [-0.3, -0.25) is 4.79 Å². The van der Waals surface area contributed by atoms with Crippen molar-refractivity contribution < 1.29 is 27.8 Å². The van der Waals surface area contributed by atoms with Crippen molar-refractivity contribution in [3.63, 3.8) is 0 Å². The summed E-state index contributed by atoms with van der Waals surface area (Å²) in [7, 11) is 1.42. The quantitative estimate of drug-likeness (QED) is 0.734. The summed E-state index contributed by atoms with van der Waals surface area (Å²) in [4.78, 5) is 11.9. The number of nitrogens with one attached hydrogen (secondary N) is 1. The number of methoxy groups -OCH3 is 1. The number of amides is 1. The van der Waals surface area contributed by atoms with Crippen LogP contribution in [0, 0.1) is 0 Å². The maximum absolute atomic E-state index is 12.7. The summed E-state index contributed by atoms with van der Waals surface area (Å²) in [5.41, 5.74) is 0.604. The Morgan fingerprint density at radius 1 is 1.15 bits per heavy atom. The Kier molecular flexibility index (Phi) is 6.49. The van der Waals surface area contributed by atoms with Crippen molar-refractivity contribution in [3.05, 3.63) is 59.2 Å². The molecule has 0 bridgehead atoms. The van der Waals surface area contributed by atoms with Gasteiger partial charge in [0.15, 0.2) is 11.5 Å². The fourth-order valence-electron chi connectivity index (χ4n) is 2.50. The SMILES string of the molecule is COc1cc(CC(=O)NCCCc2cccc(C(F)(F)F)c2)ccc1O. The Morgan fingerprint density at radius 2 is 1.92 bits per heavy atom. The van der Waals surface area contributed by atoms with Crippen molar-refractivity contribution >= 4 is 5.91 Å². The predicted molar refractivity (Wildman–Crippen MR) is 91.1 cm³/mol. The topological polar surface area (TPSA) is 58.6 Å². The summed E-state index contributed by atoms with van der Waals surface area (Å²) < 4.78 is 43.0. The molecular weight excluding hydrogens is 347 g/mol. The lowest BCUT2D eigenvalue weighted by molar-refractivity contribution is -0.137. The van der Waals surface area contributed by atoms with Gasteiger partial charge in [0.25, 0.3) is 0 Å². The van der Waals surface area contributed by atoms with Gasteiger partial charge >= 0.3 is 6.18 Å². The smallest absolute Gasteiger partial charge is 0.416 e. The highest BCUT2D eigenvalue weighted by molar-refractivity contribution is 5.78. The van der Waals surface area contributed by atoms with Gasteiger partial charge in [-0.2, -0.15) is 13.2 Å². The molecule has 0 aliphatic heterocycles. The van der Waals surface area contributed by atoms with Crippen molar-refractivity contribution in [2.24, 2.45) is 0 Å². The standard InChI is InChI=1S/C19H20F3NO3/c1-26-17-11-14(7-8-16(17)24)12-18(25)23-9-3-5-13-4-2-6-15(10-13)19(20,21)22/h2,4,6-8,10-11,24H,3,5,9,12H2,1H3,(H,23,25). The van der Waals surface area contributed by atoms with Crippen LogP contribution in [0.1, 0.15) is 23.1 Å². The molecule has 1 amide bonds. The monoisotopic (exact) mass is 367 g/mol. The van der Waals surface area contributed by atoms with Gasteiger partial charge in [-0.1, -0.05) is 24.3 Å². The fourth-order valence-corrected chi connectivity index (χ4v) is 2.50. The second kappa shape index (κ2) is 8.60. The lowest BCUT2D eigenvalue weighted by Crippen LogP contribution is -2.26. The van der Waals surface area contributed by atoms with Crippen LogP contribution in [-0.2, 0) is 23.8 Å². The summed E-state index contributed by atoms with van der Waals surface area (Å²) in [5.74, 6) is 0.0828. The Bertz CT molecular complexity index is 760. The molecular formula is C19H20F3NO3. The zero-order valence-electron chi connectivity index (χ0n) is 14.3. The molecule has 2 aromatic rings. The van der Waals surface area contributed by atoms with E-state index in [-0.39, 0.29) is 18.1 Å². The Hall–Kier alpha value is -2.70. The first-order valence-electron chi connectivity index (χ1n) is 8.08. The third kappa shape index (κ3) is 5.68. The van der Waals surface area contributed by atoms with E-state index in [1.807, 2.05) is 0 Å². The molecule has 0 fully saturated rings. The maximum Gasteiger partial charge on any atom is 0.416 e. The molecule has 140 valence electrons. The number of alkyl halides is 3. The lowest BCUT2D eigenvalue weighted by Gasteiger charge is -2.09. The minimum absolute atomic E-state index is 0.00209. The van der Waals surface area contributed by atoms with Crippen molar-refractivity contribution in [2.45, 2.75) is 25.4 Å². The number of phenols is 1. The van der Waals surface area contributed by atoms with E-state index in [2.05, 4.69) is 5.32 Å². The van der Waals surface area contributed by atoms with E-state index >= 15 is 0 Å². The number of halogens is 3. The third-order valence-corrected chi connectivity index (χ3v) is 3.83.